The van der Waals surface area contributed by atoms with Crippen molar-refractivity contribution in [1.29, 1.82) is 0 Å². The number of nitrogens with zero attached hydrogens (tertiary/aromatic N) is 1. The summed E-state index contributed by atoms with van der Waals surface area (Å²) < 4.78 is 22.0. The van der Waals surface area contributed by atoms with E-state index in [9.17, 15) is 9.90 Å². The molecule has 0 spiro atoms. The molecule has 0 aliphatic heterocycles. The second-order valence-electron chi connectivity index (χ2n) is 6.94. The first kappa shape index (κ1) is 22.4. The van der Waals surface area contributed by atoms with Gasteiger partial charge in [0.25, 0.3) is 0 Å². The van der Waals surface area contributed by atoms with Gasteiger partial charge in [0.1, 0.15) is 30.1 Å². The van der Waals surface area contributed by atoms with Crippen molar-refractivity contribution in [3.63, 3.8) is 0 Å². The molecule has 0 saturated heterocycles. The lowest BCUT2D eigenvalue weighted by Gasteiger charge is -2.16. The lowest BCUT2D eigenvalue weighted by atomic mass is 9.99. The molecule has 164 valence electrons. The van der Waals surface area contributed by atoms with Crippen LogP contribution in [0.2, 0.25) is 0 Å². The number of oxazole rings is 1. The molecule has 0 aliphatic carbocycles. The van der Waals surface area contributed by atoms with Crippen LogP contribution < -0.4 is 9.47 Å². The van der Waals surface area contributed by atoms with Gasteiger partial charge in [0.05, 0.1) is 7.11 Å². The number of aryl methyl sites for hydroxylation is 1. The van der Waals surface area contributed by atoms with Gasteiger partial charge in [-0.3, -0.25) is 0 Å². The summed E-state index contributed by atoms with van der Waals surface area (Å²) in [6.07, 6.45) is 1.80. The number of methoxy groups -OCH3 is 1. The fourth-order valence-corrected chi connectivity index (χ4v) is 3.26. The molecule has 7 heteroatoms. The van der Waals surface area contributed by atoms with Crippen molar-refractivity contribution in [3.8, 4) is 23.0 Å². The van der Waals surface area contributed by atoms with Gasteiger partial charge >= 0.3 is 5.97 Å². The van der Waals surface area contributed by atoms with Gasteiger partial charge in [-0.2, -0.15) is 0 Å². The molecule has 3 rings (SSSR count). The van der Waals surface area contributed by atoms with Crippen molar-refractivity contribution in [2.24, 2.45) is 0 Å². The quantitative estimate of drug-likeness (QED) is 0.483. The molecule has 0 aliphatic rings. The predicted molar refractivity (Wildman–Crippen MR) is 115 cm³/mol. The molecule has 0 amide bonds. The average molecular weight is 425 g/mol. The van der Waals surface area contributed by atoms with E-state index in [1.165, 1.54) is 0 Å². The Labute approximate surface area is 181 Å². The van der Waals surface area contributed by atoms with Gasteiger partial charge in [0.2, 0.25) is 5.89 Å². The Balaban J connectivity index is 1.67. The monoisotopic (exact) mass is 425 g/mol. The zero-order chi connectivity index (χ0) is 22.2. The third kappa shape index (κ3) is 5.86. The number of hydrogen-bond acceptors (Lipinski definition) is 6. The molecule has 3 aromatic rings. The number of benzene rings is 2. The number of carboxylic acid groups (broad SMARTS) is 1. The van der Waals surface area contributed by atoms with E-state index in [4.69, 9.17) is 18.6 Å². The third-order valence-electron chi connectivity index (χ3n) is 4.86. The maximum Gasteiger partial charge on any atom is 0.333 e. The number of carboxylic acids is 1. The summed E-state index contributed by atoms with van der Waals surface area (Å²) in [5, 5.41) is 9.34. The Morgan fingerprint density at radius 2 is 1.97 bits per heavy atom. The summed E-state index contributed by atoms with van der Waals surface area (Å²) in [4.78, 5) is 15.9. The van der Waals surface area contributed by atoms with Crippen LogP contribution >= 0.6 is 0 Å². The highest BCUT2D eigenvalue weighted by Gasteiger charge is 2.19. The number of aromatic nitrogens is 1. The molecule has 1 aromatic heterocycles. The van der Waals surface area contributed by atoms with E-state index in [1.807, 2.05) is 49.4 Å². The molecule has 2 aromatic carbocycles. The maximum atomic E-state index is 11.4. The van der Waals surface area contributed by atoms with Crippen molar-refractivity contribution in [3.05, 3.63) is 65.5 Å². The van der Waals surface area contributed by atoms with Crippen molar-refractivity contribution in [1.82, 2.24) is 4.98 Å². The van der Waals surface area contributed by atoms with Crippen LogP contribution in [0.15, 0.2) is 53.1 Å². The highest BCUT2D eigenvalue weighted by molar-refractivity contribution is 5.72. The van der Waals surface area contributed by atoms with Gasteiger partial charge < -0.3 is 23.7 Å². The van der Waals surface area contributed by atoms with E-state index in [0.717, 1.165) is 28.9 Å². The first-order valence-electron chi connectivity index (χ1n) is 10.2. The minimum atomic E-state index is -0.956. The van der Waals surface area contributed by atoms with E-state index in [2.05, 4.69) is 4.98 Å². The zero-order valence-corrected chi connectivity index (χ0v) is 18.0. The fraction of sp³-hybridized carbons (Fsp3) is 0.333. The van der Waals surface area contributed by atoms with Gasteiger partial charge in [-0.15, -0.1) is 0 Å². The summed E-state index contributed by atoms with van der Waals surface area (Å²) in [7, 11) is 1.61. The number of carbonyl (C=O) groups is 1. The van der Waals surface area contributed by atoms with Crippen molar-refractivity contribution in [2.45, 2.75) is 39.4 Å². The molecule has 1 N–H and O–H groups in total. The number of hydrogen-bond donors (Lipinski definition) is 1. The molecule has 0 unspecified atom stereocenters. The Bertz CT molecular complexity index is 1010. The minimum absolute atomic E-state index is 0.257. The van der Waals surface area contributed by atoms with E-state index in [1.54, 1.807) is 20.3 Å². The smallest absolute Gasteiger partial charge is 0.333 e. The Kier molecular flexibility index (Phi) is 7.67. The molecule has 1 heterocycles. The minimum Gasteiger partial charge on any atom is -0.497 e. The molecule has 0 saturated carbocycles. The van der Waals surface area contributed by atoms with Crippen molar-refractivity contribution < 1.29 is 28.5 Å². The molecule has 0 radical (unpaired) electrons. The highest BCUT2D eigenvalue weighted by atomic mass is 16.5. The third-order valence-corrected chi connectivity index (χ3v) is 4.86. The van der Waals surface area contributed by atoms with E-state index in [0.29, 0.717) is 30.4 Å². The molecule has 7 nitrogen and oxygen atoms in total. The average Bonchev–Trinajstić information content (AvgIpc) is 3.27. The highest BCUT2D eigenvalue weighted by Crippen LogP contribution is 2.25. The summed E-state index contributed by atoms with van der Waals surface area (Å²) in [6, 6.07) is 13.2. The standard InChI is InChI=1S/C24H27NO6/c1-4-16-11-21(10-9-17(16)13-22(24(26)27)29-5-2)30-14-19-15-31-23(25-19)18-7-6-8-20(12-18)28-3/h6-12,15,22H,4-5,13-14H2,1-3H3,(H,26,27)/t22-/m0/s1. The van der Waals surface area contributed by atoms with Crippen LogP contribution in [0.4, 0.5) is 0 Å². The molecule has 0 fully saturated rings. The van der Waals surface area contributed by atoms with Crippen molar-refractivity contribution in [2.75, 3.05) is 13.7 Å². The molecule has 0 bridgehead atoms. The van der Waals surface area contributed by atoms with Gasteiger partial charge in [-0.1, -0.05) is 19.1 Å². The van der Waals surface area contributed by atoms with E-state index in [-0.39, 0.29) is 6.61 Å². The zero-order valence-electron chi connectivity index (χ0n) is 18.0. The summed E-state index contributed by atoms with van der Waals surface area (Å²) in [5.41, 5.74) is 3.46. The SMILES string of the molecule is CCO[C@@H](Cc1ccc(OCc2coc(-c3cccc(OC)c3)n2)cc1CC)C(=O)O. The van der Waals surface area contributed by atoms with Gasteiger partial charge in [-0.25, -0.2) is 9.78 Å². The van der Waals surface area contributed by atoms with Crippen LogP contribution in [0.3, 0.4) is 0 Å². The summed E-state index contributed by atoms with van der Waals surface area (Å²) in [5.74, 6) is 0.963. The molecule has 31 heavy (non-hydrogen) atoms. The van der Waals surface area contributed by atoms with Crippen LogP contribution in [-0.2, 0) is 29.0 Å². The van der Waals surface area contributed by atoms with Crippen molar-refractivity contribution >= 4 is 5.97 Å². The summed E-state index contributed by atoms with van der Waals surface area (Å²) >= 11 is 0. The number of rotatable bonds is 11. The molecular formula is C24H27NO6. The Hall–Kier alpha value is -3.32. The van der Waals surface area contributed by atoms with Gasteiger partial charge in [0, 0.05) is 18.6 Å². The predicted octanol–water partition coefficient (Wildman–Crippen LogP) is 4.52. The fourth-order valence-electron chi connectivity index (χ4n) is 3.26. The summed E-state index contributed by atoms with van der Waals surface area (Å²) in [6.45, 7) is 4.43. The lowest BCUT2D eigenvalue weighted by molar-refractivity contribution is -0.149. The number of aliphatic carboxylic acids is 1. The topological polar surface area (TPSA) is 91.0 Å². The first-order valence-corrected chi connectivity index (χ1v) is 10.2. The first-order chi connectivity index (χ1) is 15.0. The Morgan fingerprint density at radius 1 is 1.13 bits per heavy atom. The normalized spacial score (nSPS) is 11.8. The van der Waals surface area contributed by atoms with Crippen LogP contribution in [0, 0.1) is 0 Å². The van der Waals surface area contributed by atoms with Crippen LogP contribution in [0.5, 0.6) is 11.5 Å². The lowest BCUT2D eigenvalue weighted by Crippen LogP contribution is -2.26. The maximum absolute atomic E-state index is 11.4. The van der Waals surface area contributed by atoms with Crippen LogP contribution in [-0.4, -0.2) is 35.9 Å². The molecular weight excluding hydrogens is 398 g/mol. The largest absolute Gasteiger partial charge is 0.497 e. The number of ether oxygens (including phenoxy) is 3. The Morgan fingerprint density at radius 3 is 2.68 bits per heavy atom. The van der Waals surface area contributed by atoms with Gasteiger partial charge in [0.15, 0.2) is 6.10 Å². The van der Waals surface area contributed by atoms with Crippen LogP contribution in [0.1, 0.15) is 30.7 Å². The second kappa shape index (κ2) is 10.6. The van der Waals surface area contributed by atoms with Gasteiger partial charge in [-0.05, 0) is 54.8 Å². The second-order valence-corrected chi connectivity index (χ2v) is 6.94. The van der Waals surface area contributed by atoms with Crippen LogP contribution in [0.25, 0.3) is 11.5 Å². The van der Waals surface area contributed by atoms with E-state index >= 15 is 0 Å². The molecule has 1 atom stereocenters. The van der Waals surface area contributed by atoms with E-state index < -0.39 is 12.1 Å².